The van der Waals surface area contributed by atoms with E-state index in [-0.39, 0.29) is 18.2 Å². The van der Waals surface area contributed by atoms with Gasteiger partial charge in [0.15, 0.2) is 5.13 Å². The van der Waals surface area contributed by atoms with E-state index in [1.807, 2.05) is 79.7 Å². The van der Waals surface area contributed by atoms with Gasteiger partial charge in [0.05, 0.1) is 29.3 Å². The molecule has 2 heterocycles. The van der Waals surface area contributed by atoms with Crippen molar-refractivity contribution in [2.24, 2.45) is 0 Å². The van der Waals surface area contributed by atoms with Crippen molar-refractivity contribution >= 4 is 44.2 Å². The van der Waals surface area contributed by atoms with Crippen LogP contribution >= 0.6 is 11.3 Å². The van der Waals surface area contributed by atoms with E-state index in [0.29, 0.717) is 24.0 Å². The van der Waals surface area contributed by atoms with Crippen LogP contribution in [0.15, 0.2) is 72.8 Å². The molecule has 0 bridgehead atoms. The summed E-state index contributed by atoms with van der Waals surface area (Å²) in [6.07, 6.45) is 0.112. The Morgan fingerprint density at radius 1 is 1.12 bits per heavy atom. The van der Waals surface area contributed by atoms with Crippen molar-refractivity contribution in [2.75, 3.05) is 16.8 Å². The van der Waals surface area contributed by atoms with Crippen LogP contribution in [0.1, 0.15) is 30.4 Å². The monoisotopic (exact) mass is 457 g/mol. The molecule has 1 unspecified atom stereocenters. The zero-order valence-corrected chi connectivity index (χ0v) is 19.0. The normalized spacial score (nSPS) is 15.1. The zero-order valence-electron chi connectivity index (χ0n) is 18.2. The number of anilines is 2. The molecule has 2 amide bonds. The Morgan fingerprint density at radius 3 is 2.73 bits per heavy atom. The first-order valence-electron chi connectivity index (χ1n) is 10.9. The second kappa shape index (κ2) is 9.03. The largest absolute Gasteiger partial charge is 0.494 e. The van der Waals surface area contributed by atoms with Gasteiger partial charge in [-0.1, -0.05) is 59.9 Å². The molecule has 0 saturated heterocycles. The number of thiazole rings is 1. The fourth-order valence-corrected chi connectivity index (χ4v) is 5.09. The van der Waals surface area contributed by atoms with E-state index in [1.165, 1.54) is 11.3 Å². The van der Waals surface area contributed by atoms with Gasteiger partial charge in [0, 0.05) is 12.1 Å². The number of hydrogen-bond donors (Lipinski definition) is 1. The number of ether oxygens (including phenoxy) is 1. The van der Waals surface area contributed by atoms with E-state index >= 15 is 0 Å². The quantitative estimate of drug-likeness (QED) is 0.423. The molecule has 166 valence electrons. The van der Waals surface area contributed by atoms with Crippen LogP contribution in [0.4, 0.5) is 10.8 Å². The highest BCUT2D eigenvalue weighted by Gasteiger charge is 2.35. The fraction of sp³-hybridized carbons (Fsp3) is 0.192. The molecule has 1 aromatic heterocycles. The lowest BCUT2D eigenvalue weighted by molar-refractivity contribution is -0.124. The van der Waals surface area contributed by atoms with Crippen molar-refractivity contribution in [2.45, 2.75) is 25.8 Å². The topological polar surface area (TPSA) is 71.5 Å². The van der Waals surface area contributed by atoms with Gasteiger partial charge in [0.25, 0.3) is 0 Å². The first-order valence-corrected chi connectivity index (χ1v) is 11.7. The Kier molecular flexibility index (Phi) is 5.79. The van der Waals surface area contributed by atoms with Crippen LogP contribution in [-0.2, 0) is 16.1 Å². The number of carbonyl (C=O) groups is 2. The number of para-hydroxylation sites is 1. The van der Waals surface area contributed by atoms with Crippen LogP contribution in [0.5, 0.6) is 5.75 Å². The van der Waals surface area contributed by atoms with E-state index < -0.39 is 5.92 Å². The summed E-state index contributed by atoms with van der Waals surface area (Å²) in [7, 11) is 0. The van der Waals surface area contributed by atoms with Crippen LogP contribution < -0.4 is 15.0 Å². The van der Waals surface area contributed by atoms with Crippen LogP contribution in [-0.4, -0.2) is 23.4 Å². The number of nitrogens with zero attached hydrogens (tertiary/aromatic N) is 2. The molecule has 33 heavy (non-hydrogen) atoms. The molecule has 4 aromatic rings. The number of aromatic nitrogens is 1. The lowest BCUT2D eigenvalue weighted by Crippen LogP contribution is -2.38. The second-order valence-electron chi connectivity index (χ2n) is 7.86. The highest BCUT2D eigenvalue weighted by molar-refractivity contribution is 7.22. The summed E-state index contributed by atoms with van der Waals surface area (Å²) in [5.74, 6) is -0.0775. The summed E-state index contributed by atoms with van der Waals surface area (Å²) < 4.78 is 6.57. The van der Waals surface area contributed by atoms with E-state index in [4.69, 9.17) is 9.72 Å². The summed E-state index contributed by atoms with van der Waals surface area (Å²) in [5, 5.41) is 3.48. The van der Waals surface area contributed by atoms with Crippen molar-refractivity contribution in [1.82, 2.24) is 4.98 Å². The van der Waals surface area contributed by atoms with Crippen molar-refractivity contribution < 1.29 is 14.3 Å². The summed E-state index contributed by atoms with van der Waals surface area (Å²) in [5.41, 5.74) is 3.33. The minimum absolute atomic E-state index is 0.112. The number of hydrogen-bond acceptors (Lipinski definition) is 5. The Morgan fingerprint density at radius 2 is 1.91 bits per heavy atom. The lowest BCUT2D eigenvalue weighted by atomic mass is 9.89. The van der Waals surface area contributed by atoms with E-state index in [2.05, 4.69) is 5.32 Å². The van der Waals surface area contributed by atoms with Gasteiger partial charge in [0.2, 0.25) is 11.8 Å². The van der Waals surface area contributed by atoms with Gasteiger partial charge in [-0.15, -0.1) is 0 Å². The maximum absolute atomic E-state index is 13.9. The van der Waals surface area contributed by atoms with E-state index in [1.54, 1.807) is 4.90 Å². The minimum atomic E-state index is -0.565. The zero-order chi connectivity index (χ0) is 22.8. The number of benzene rings is 3. The van der Waals surface area contributed by atoms with Crippen LogP contribution in [0.2, 0.25) is 0 Å². The Hall–Kier alpha value is -3.71. The maximum atomic E-state index is 13.9. The molecule has 1 atom stereocenters. The molecule has 1 aliphatic heterocycles. The number of amides is 2. The fourth-order valence-electron chi connectivity index (χ4n) is 4.09. The van der Waals surface area contributed by atoms with Gasteiger partial charge in [0.1, 0.15) is 5.75 Å². The average Bonchev–Trinajstić information content (AvgIpc) is 3.25. The molecule has 1 aliphatic rings. The second-order valence-corrected chi connectivity index (χ2v) is 8.87. The number of fused-ring (bicyclic) bond motifs is 2. The summed E-state index contributed by atoms with van der Waals surface area (Å²) in [4.78, 5) is 32.8. The van der Waals surface area contributed by atoms with E-state index in [9.17, 15) is 9.59 Å². The standard InChI is InChI=1S/C26H23N3O3S/c1-2-32-18-12-13-22-23(14-18)33-26(28-22)29(16-17-8-4-3-5-9-17)25(31)20-15-24(30)27-21-11-7-6-10-19(20)21/h3-14,20H,2,15-16H2,1H3,(H,27,30). The molecule has 3 aromatic carbocycles. The van der Waals surface area contributed by atoms with Gasteiger partial charge < -0.3 is 10.1 Å². The number of carbonyl (C=O) groups excluding carboxylic acids is 2. The molecule has 6 nitrogen and oxygen atoms in total. The van der Waals surface area contributed by atoms with Gasteiger partial charge in [-0.3, -0.25) is 14.5 Å². The third-order valence-corrected chi connectivity index (χ3v) is 6.68. The minimum Gasteiger partial charge on any atom is -0.494 e. The van der Waals surface area contributed by atoms with Crippen molar-refractivity contribution in [3.05, 3.63) is 83.9 Å². The third kappa shape index (κ3) is 4.32. The molecule has 0 fully saturated rings. The van der Waals surface area contributed by atoms with Crippen molar-refractivity contribution in [3.8, 4) is 5.75 Å². The Balaban J connectivity index is 1.56. The SMILES string of the molecule is CCOc1ccc2nc(N(Cc3ccccc3)C(=O)C3CC(=O)Nc4ccccc43)sc2c1. The van der Waals surface area contributed by atoms with Gasteiger partial charge in [-0.25, -0.2) is 4.98 Å². The molecular formula is C26H23N3O3S. The maximum Gasteiger partial charge on any atom is 0.237 e. The first-order chi connectivity index (χ1) is 16.1. The summed E-state index contributed by atoms with van der Waals surface area (Å²) >= 11 is 1.45. The summed E-state index contributed by atoms with van der Waals surface area (Å²) in [6, 6.07) is 23.1. The third-order valence-electron chi connectivity index (χ3n) is 5.64. The van der Waals surface area contributed by atoms with Crippen molar-refractivity contribution in [1.29, 1.82) is 0 Å². The summed E-state index contributed by atoms with van der Waals surface area (Å²) in [6.45, 7) is 2.90. The molecule has 1 N–H and O–H groups in total. The molecular weight excluding hydrogens is 434 g/mol. The first kappa shape index (κ1) is 21.2. The average molecular weight is 458 g/mol. The van der Waals surface area contributed by atoms with Crippen LogP contribution in [0.25, 0.3) is 10.2 Å². The number of rotatable bonds is 6. The molecule has 5 rings (SSSR count). The van der Waals surface area contributed by atoms with E-state index in [0.717, 1.165) is 27.1 Å². The highest BCUT2D eigenvalue weighted by Crippen LogP contribution is 2.37. The molecule has 0 radical (unpaired) electrons. The van der Waals surface area contributed by atoms with Gasteiger partial charge in [-0.05, 0) is 42.3 Å². The molecule has 0 saturated carbocycles. The van der Waals surface area contributed by atoms with Crippen LogP contribution in [0.3, 0.4) is 0 Å². The lowest BCUT2D eigenvalue weighted by Gasteiger charge is -2.29. The van der Waals surface area contributed by atoms with Gasteiger partial charge in [-0.2, -0.15) is 0 Å². The molecule has 0 aliphatic carbocycles. The highest BCUT2D eigenvalue weighted by atomic mass is 32.1. The van der Waals surface area contributed by atoms with Crippen molar-refractivity contribution in [3.63, 3.8) is 0 Å². The Bertz CT molecular complexity index is 1320. The predicted octanol–water partition coefficient (Wildman–Crippen LogP) is 5.35. The predicted molar refractivity (Wildman–Crippen MR) is 131 cm³/mol. The number of nitrogens with one attached hydrogen (secondary N) is 1. The van der Waals surface area contributed by atoms with Crippen LogP contribution in [0, 0.1) is 0 Å². The smallest absolute Gasteiger partial charge is 0.237 e. The molecule has 7 heteroatoms. The Labute approximate surface area is 195 Å². The van der Waals surface area contributed by atoms with Gasteiger partial charge >= 0.3 is 0 Å². The molecule has 0 spiro atoms.